The first-order valence-electron chi connectivity index (χ1n) is 10.0. The van der Waals surface area contributed by atoms with Crippen LogP contribution in [-0.4, -0.2) is 73.8 Å². The van der Waals surface area contributed by atoms with Gasteiger partial charge in [0.2, 0.25) is 0 Å². The van der Waals surface area contributed by atoms with Crippen LogP contribution in [0.15, 0.2) is 4.99 Å². The lowest BCUT2D eigenvalue weighted by molar-refractivity contribution is 0.118. The summed E-state index contributed by atoms with van der Waals surface area (Å²) in [5.41, 5.74) is 0.392. The fraction of sp³-hybridized carbons (Fsp3) is 0.947. The zero-order chi connectivity index (χ0) is 17.0. The van der Waals surface area contributed by atoms with Crippen LogP contribution in [0, 0.1) is 5.41 Å². The van der Waals surface area contributed by atoms with Crippen molar-refractivity contribution >= 4 is 5.96 Å². The summed E-state index contributed by atoms with van der Waals surface area (Å²) in [4.78, 5) is 10.1. The molecule has 3 rings (SSSR count). The highest BCUT2D eigenvalue weighted by Gasteiger charge is 2.42. The molecule has 3 heterocycles. The molecule has 1 N–H and O–H groups in total. The number of guanidine groups is 1. The summed E-state index contributed by atoms with van der Waals surface area (Å²) < 4.78 is 5.67. The molecule has 0 aliphatic carbocycles. The molecule has 3 aliphatic heterocycles. The highest BCUT2D eigenvalue weighted by Crippen LogP contribution is 2.38. The first-order valence-corrected chi connectivity index (χ1v) is 10.0. The van der Waals surface area contributed by atoms with E-state index >= 15 is 0 Å². The molecule has 0 saturated carbocycles. The normalized spacial score (nSPS) is 33.4. The summed E-state index contributed by atoms with van der Waals surface area (Å²) in [5, 5.41) is 3.52. The van der Waals surface area contributed by atoms with Crippen molar-refractivity contribution in [3.8, 4) is 0 Å². The van der Waals surface area contributed by atoms with Gasteiger partial charge in [-0.3, -0.25) is 9.89 Å². The molecule has 24 heavy (non-hydrogen) atoms. The molecule has 138 valence electrons. The van der Waals surface area contributed by atoms with Crippen LogP contribution in [0.5, 0.6) is 0 Å². The van der Waals surface area contributed by atoms with E-state index in [2.05, 4.69) is 35.9 Å². The van der Waals surface area contributed by atoms with Gasteiger partial charge in [-0.05, 0) is 53.0 Å². The standard InChI is InChI=1S/C19H36N4O/c1-4-20-18(22-11-8-19(14-22)9-12-24-15-19)21-13-17(3)23-10-6-5-7-16(23)2/h16-17H,4-15H2,1-3H3,(H,20,21). The number of nitrogens with one attached hydrogen (secondary N) is 1. The number of ether oxygens (including phenoxy) is 1. The first-order chi connectivity index (χ1) is 11.6. The van der Waals surface area contributed by atoms with E-state index in [4.69, 9.17) is 9.73 Å². The second-order valence-electron chi connectivity index (χ2n) is 8.10. The molecule has 3 unspecified atom stereocenters. The van der Waals surface area contributed by atoms with Crippen molar-refractivity contribution in [3.05, 3.63) is 0 Å². The summed E-state index contributed by atoms with van der Waals surface area (Å²) in [6.07, 6.45) is 6.52. The minimum absolute atomic E-state index is 0.392. The Hall–Kier alpha value is -0.810. The van der Waals surface area contributed by atoms with Crippen molar-refractivity contribution in [1.29, 1.82) is 0 Å². The molecule has 0 aromatic rings. The minimum atomic E-state index is 0.392. The van der Waals surface area contributed by atoms with Crippen molar-refractivity contribution in [2.45, 2.75) is 65.0 Å². The number of nitrogens with zero attached hydrogens (tertiary/aromatic N) is 3. The first kappa shape index (κ1) is 18.0. The van der Waals surface area contributed by atoms with E-state index in [1.165, 1.54) is 38.6 Å². The molecule has 5 nitrogen and oxygen atoms in total. The van der Waals surface area contributed by atoms with Gasteiger partial charge in [-0.2, -0.15) is 0 Å². The van der Waals surface area contributed by atoms with Crippen LogP contribution in [0.25, 0.3) is 0 Å². The molecule has 0 amide bonds. The topological polar surface area (TPSA) is 40.1 Å². The predicted molar refractivity (Wildman–Crippen MR) is 99.5 cm³/mol. The van der Waals surface area contributed by atoms with Crippen molar-refractivity contribution in [3.63, 3.8) is 0 Å². The van der Waals surface area contributed by atoms with Gasteiger partial charge in [-0.1, -0.05) is 6.42 Å². The van der Waals surface area contributed by atoms with Gasteiger partial charge in [-0.15, -0.1) is 0 Å². The zero-order valence-corrected chi connectivity index (χ0v) is 15.9. The van der Waals surface area contributed by atoms with E-state index in [1.54, 1.807) is 0 Å². The molecule has 0 aromatic carbocycles. The van der Waals surface area contributed by atoms with E-state index in [1.807, 2.05) is 0 Å². The Kier molecular flexibility index (Phi) is 6.03. The van der Waals surface area contributed by atoms with Gasteiger partial charge in [0.05, 0.1) is 13.2 Å². The summed E-state index contributed by atoms with van der Waals surface area (Å²) >= 11 is 0. The van der Waals surface area contributed by atoms with Crippen LogP contribution in [-0.2, 0) is 4.74 Å². The van der Waals surface area contributed by atoms with Gasteiger partial charge in [0.25, 0.3) is 0 Å². The average molecular weight is 337 g/mol. The van der Waals surface area contributed by atoms with Crippen molar-refractivity contribution in [2.75, 3.05) is 45.9 Å². The maximum atomic E-state index is 5.67. The number of rotatable bonds is 4. The van der Waals surface area contributed by atoms with E-state index in [-0.39, 0.29) is 0 Å². The maximum Gasteiger partial charge on any atom is 0.193 e. The van der Waals surface area contributed by atoms with Crippen LogP contribution in [0.1, 0.15) is 52.9 Å². The Bertz CT molecular complexity index is 433. The van der Waals surface area contributed by atoms with E-state index in [0.717, 1.165) is 45.4 Å². The SMILES string of the molecule is CCNC(=NCC(C)N1CCCCC1C)N1CCC2(CCOC2)C1. The van der Waals surface area contributed by atoms with Crippen LogP contribution >= 0.6 is 0 Å². The molecule has 3 atom stereocenters. The zero-order valence-electron chi connectivity index (χ0n) is 15.9. The second kappa shape index (κ2) is 8.05. The van der Waals surface area contributed by atoms with Gasteiger partial charge in [-0.25, -0.2) is 0 Å². The summed E-state index contributed by atoms with van der Waals surface area (Å²) in [6.45, 7) is 14.0. The van der Waals surface area contributed by atoms with E-state index in [9.17, 15) is 0 Å². The number of aliphatic imine (C=N–C) groups is 1. The lowest BCUT2D eigenvalue weighted by atomic mass is 9.87. The fourth-order valence-electron chi connectivity index (χ4n) is 4.61. The van der Waals surface area contributed by atoms with Gasteiger partial charge in [0.1, 0.15) is 0 Å². The Labute approximate surface area is 147 Å². The maximum absolute atomic E-state index is 5.67. The molecule has 3 aliphatic rings. The molecule has 3 fully saturated rings. The third-order valence-corrected chi connectivity index (χ3v) is 6.18. The smallest absolute Gasteiger partial charge is 0.193 e. The Morgan fingerprint density at radius 3 is 2.92 bits per heavy atom. The monoisotopic (exact) mass is 336 g/mol. The van der Waals surface area contributed by atoms with Crippen molar-refractivity contribution in [1.82, 2.24) is 15.1 Å². The van der Waals surface area contributed by atoms with Gasteiger partial charge < -0.3 is 15.0 Å². The molecular weight excluding hydrogens is 300 g/mol. The molecule has 0 radical (unpaired) electrons. The van der Waals surface area contributed by atoms with Crippen LogP contribution in [0.4, 0.5) is 0 Å². The van der Waals surface area contributed by atoms with Gasteiger partial charge in [0, 0.05) is 43.7 Å². The third-order valence-electron chi connectivity index (χ3n) is 6.18. The fourth-order valence-corrected chi connectivity index (χ4v) is 4.61. The Morgan fingerprint density at radius 2 is 2.21 bits per heavy atom. The molecule has 3 saturated heterocycles. The van der Waals surface area contributed by atoms with Crippen LogP contribution in [0.3, 0.4) is 0 Å². The van der Waals surface area contributed by atoms with E-state index < -0.39 is 0 Å². The molecule has 5 heteroatoms. The van der Waals surface area contributed by atoms with Gasteiger partial charge in [0.15, 0.2) is 5.96 Å². The van der Waals surface area contributed by atoms with Crippen molar-refractivity contribution < 1.29 is 4.74 Å². The highest BCUT2D eigenvalue weighted by molar-refractivity contribution is 5.80. The summed E-state index contributed by atoms with van der Waals surface area (Å²) in [6, 6.07) is 1.23. The number of piperidine rings is 1. The quantitative estimate of drug-likeness (QED) is 0.632. The third kappa shape index (κ3) is 4.05. The summed E-state index contributed by atoms with van der Waals surface area (Å²) in [7, 11) is 0. The average Bonchev–Trinajstić information content (AvgIpc) is 3.22. The largest absolute Gasteiger partial charge is 0.381 e. The van der Waals surface area contributed by atoms with Crippen LogP contribution < -0.4 is 5.32 Å². The van der Waals surface area contributed by atoms with E-state index in [0.29, 0.717) is 17.5 Å². The molecular formula is C19H36N4O. The lowest BCUT2D eigenvalue weighted by Gasteiger charge is -2.37. The number of hydrogen-bond acceptors (Lipinski definition) is 3. The summed E-state index contributed by atoms with van der Waals surface area (Å²) in [5.74, 6) is 1.11. The molecule has 0 bridgehead atoms. The minimum Gasteiger partial charge on any atom is -0.381 e. The lowest BCUT2D eigenvalue weighted by Crippen LogP contribution is -2.46. The number of hydrogen-bond donors (Lipinski definition) is 1. The Morgan fingerprint density at radius 1 is 1.33 bits per heavy atom. The Balaban J connectivity index is 1.59. The molecule has 1 spiro atoms. The second-order valence-corrected chi connectivity index (χ2v) is 8.10. The van der Waals surface area contributed by atoms with Gasteiger partial charge >= 0.3 is 0 Å². The number of likely N-dealkylation sites (tertiary alicyclic amines) is 2. The molecule has 0 aromatic heterocycles. The highest BCUT2D eigenvalue weighted by atomic mass is 16.5. The predicted octanol–water partition coefficient (Wildman–Crippen LogP) is 2.33. The van der Waals surface area contributed by atoms with Crippen LogP contribution in [0.2, 0.25) is 0 Å². The van der Waals surface area contributed by atoms with Crippen molar-refractivity contribution in [2.24, 2.45) is 10.4 Å².